The Morgan fingerprint density at radius 3 is 2.72 bits per heavy atom. The van der Waals surface area contributed by atoms with E-state index in [-0.39, 0.29) is 6.03 Å². The second-order valence-corrected chi connectivity index (χ2v) is 6.48. The SMILES string of the molecule is CN(C)c1cccc(CNC(=O)N2CCN(Cc3ccon3)CC2)c1. The summed E-state index contributed by atoms with van der Waals surface area (Å²) in [6.45, 7) is 4.44. The smallest absolute Gasteiger partial charge is 0.317 e. The summed E-state index contributed by atoms with van der Waals surface area (Å²) in [6, 6.07) is 10.1. The summed E-state index contributed by atoms with van der Waals surface area (Å²) in [6.07, 6.45) is 1.59. The Labute approximate surface area is 148 Å². The van der Waals surface area contributed by atoms with Crippen LogP contribution in [0.5, 0.6) is 0 Å². The molecule has 3 rings (SSSR count). The summed E-state index contributed by atoms with van der Waals surface area (Å²) >= 11 is 0. The topological polar surface area (TPSA) is 64.9 Å². The van der Waals surface area contributed by atoms with Gasteiger partial charge in [0, 0.05) is 65.1 Å². The minimum Gasteiger partial charge on any atom is -0.378 e. The molecule has 1 aromatic carbocycles. The number of carbonyl (C=O) groups excluding carboxylic acids is 1. The number of anilines is 1. The van der Waals surface area contributed by atoms with Crippen LogP contribution >= 0.6 is 0 Å². The van der Waals surface area contributed by atoms with Crippen LogP contribution in [-0.4, -0.2) is 61.3 Å². The van der Waals surface area contributed by atoms with Crippen molar-refractivity contribution in [3.63, 3.8) is 0 Å². The first-order valence-electron chi connectivity index (χ1n) is 8.52. The highest BCUT2D eigenvalue weighted by atomic mass is 16.5. The number of benzene rings is 1. The van der Waals surface area contributed by atoms with Gasteiger partial charge in [0.05, 0.1) is 5.69 Å². The number of aromatic nitrogens is 1. The maximum atomic E-state index is 12.4. The number of hydrogen-bond donors (Lipinski definition) is 1. The highest BCUT2D eigenvalue weighted by molar-refractivity contribution is 5.74. The summed E-state index contributed by atoms with van der Waals surface area (Å²) in [5.74, 6) is 0. The maximum absolute atomic E-state index is 12.4. The highest BCUT2D eigenvalue weighted by Crippen LogP contribution is 2.13. The first kappa shape index (κ1) is 17.3. The summed E-state index contributed by atoms with van der Waals surface area (Å²) in [5.41, 5.74) is 3.16. The lowest BCUT2D eigenvalue weighted by molar-refractivity contribution is 0.133. The van der Waals surface area contributed by atoms with Gasteiger partial charge in [0.25, 0.3) is 0 Å². The molecule has 0 radical (unpaired) electrons. The Morgan fingerprint density at radius 1 is 1.24 bits per heavy atom. The van der Waals surface area contributed by atoms with Gasteiger partial charge in [-0.2, -0.15) is 0 Å². The monoisotopic (exact) mass is 343 g/mol. The van der Waals surface area contributed by atoms with Gasteiger partial charge in [-0.1, -0.05) is 17.3 Å². The molecule has 0 spiro atoms. The molecule has 1 aromatic heterocycles. The number of urea groups is 1. The molecule has 134 valence electrons. The largest absolute Gasteiger partial charge is 0.378 e. The van der Waals surface area contributed by atoms with E-state index in [4.69, 9.17) is 4.52 Å². The Hall–Kier alpha value is -2.54. The predicted octanol–water partition coefficient (Wildman–Crippen LogP) is 1.77. The van der Waals surface area contributed by atoms with Gasteiger partial charge in [0.2, 0.25) is 0 Å². The third-order valence-electron chi connectivity index (χ3n) is 4.41. The molecule has 0 bridgehead atoms. The van der Waals surface area contributed by atoms with Crippen molar-refractivity contribution in [1.82, 2.24) is 20.3 Å². The van der Waals surface area contributed by atoms with Crippen molar-refractivity contribution in [2.45, 2.75) is 13.1 Å². The molecule has 0 aliphatic carbocycles. The van der Waals surface area contributed by atoms with Crippen molar-refractivity contribution < 1.29 is 9.32 Å². The van der Waals surface area contributed by atoms with Crippen molar-refractivity contribution in [2.75, 3.05) is 45.2 Å². The second-order valence-electron chi connectivity index (χ2n) is 6.48. The third kappa shape index (κ3) is 4.73. The van der Waals surface area contributed by atoms with E-state index in [2.05, 4.69) is 32.4 Å². The summed E-state index contributed by atoms with van der Waals surface area (Å²) in [5, 5.41) is 6.95. The zero-order chi connectivity index (χ0) is 17.6. The summed E-state index contributed by atoms with van der Waals surface area (Å²) in [4.78, 5) is 18.6. The van der Waals surface area contributed by atoms with Gasteiger partial charge < -0.3 is 19.6 Å². The molecule has 2 amide bonds. The number of carbonyl (C=O) groups is 1. The molecule has 2 aromatic rings. The van der Waals surface area contributed by atoms with Crippen LogP contribution in [0.15, 0.2) is 41.1 Å². The van der Waals surface area contributed by atoms with Gasteiger partial charge >= 0.3 is 6.03 Å². The Kier molecular flexibility index (Phi) is 5.55. The van der Waals surface area contributed by atoms with E-state index < -0.39 is 0 Å². The maximum Gasteiger partial charge on any atom is 0.317 e. The highest BCUT2D eigenvalue weighted by Gasteiger charge is 2.21. The van der Waals surface area contributed by atoms with Crippen molar-refractivity contribution in [2.24, 2.45) is 0 Å². The molecule has 0 atom stereocenters. The van der Waals surface area contributed by atoms with Crippen LogP contribution in [-0.2, 0) is 13.1 Å². The molecule has 1 N–H and O–H groups in total. The molecule has 1 fully saturated rings. The van der Waals surface area contributed by atoms with Gasteiger partial charge in [-0.25, -0.2) is 4.79 Å². The van der Waals surface area contributed by atoms with Crippen LogP contribution < -0.4 is 10.2 Å². The third-order valence-corrected chi connectivity index (χ3v) is 4.41. The number of rotatable bonds is 5. The van der Waals surface area contributed by atoms with Crippen molar-refractivity contribution in [3.05, 3.63) is 47.9 Å². The molecule has 0 unspecified atom stereocenters. The summed E-state index contributed by atoms with van der Waals surface area (Å²) < 4.78 is 4.86. The standard InChI is InChI=1S/C18H25N5O2/c1-21(2)17-5-3-4-15(12-17)13-19-18(24)23-9-7-22(8-10-23)14-16-6-11-25-20-16/h3-6,11-12H,7-10,13-14H2,1-2H3,(H,19,24). The van der Waals surface area contributed by atoms with Crippen LogP contribution in [0.25, 0.3) is 0 Å². The van der Waals surface area contributed by atoms with Crippen molar-refractivity contribution in [1.29, 1.82) is 0 Å². The molecule has 1 aliphatic rings. The first-order chi connectivity index (χ1) is 12.1. The van der Waals surface area contributed by atoms with Crippen molar-refractivity contribution in [3.8, 4) is 0 Å². The quantitative estimate of drug-likeness (QED) is 0.896. The van der Waals surface area contributed by atoms with E-state index in [1.54, 1.807) is 6.26 Å². The van der Waals surface area contributed by atoms with Crippen LogP contribution in [0.4, 0.5) is 10.5 Å². The predicted molar refractivity (Wildman–Crippen MR) is 96.4 cm³/mol. The molecular formula is C18H25N5O2. The summed E-state index contributed by atoms with van der Waals surface area (Å²) in [7, 11) is 4.02. The molecular weight excluding hydrogens is 318 g/mol. The van der Waals surface area contributed by atoms with Crippen LogP contribution in [0, 0.1) is 0 Å². The number of nitrogens with zero attached hydrogens (tertiary/aromatic N) is 4. The molecule has 7 nitrogen and oxygen atoms in total. The molecule has 2 heterocycles. The average molecular weight is 343 g/mol. The Morgan fingerprint density at radius 2 is 2.04 bits per heavy atom. The number of amides is 2. The van der Waals surface area contributed by atoms with E-state index in [1.807, 2.05) is 37.2 Å². The fourth-order valence-corrected chi connectivity index (χ4v) is 2.89. The number of hydrogen-bond acceptors (Lipinski definition) is 5. The number of nitrogens with one attached hydrogen (secondary N) is 1. The normalized spacial score (nSPS) is 15.2. The fraction of sp³-hybridized carbons (Fsp3) is 0.444. The minimum absolute atomic E-state index is 0.00339. The van der Waals surface area contributed by atoms with Crippen LogP contribution in [0.1, 0.15) is 11.3 Å². The minimum atomic E-state index is -0.00339. The lowest BCUT2D eigenvalue weighted by atomic mass is 10.2. The molecule has 0 saturated carbocycles. The zero-order valence-corrected chi connectivity index (χ0v) is 14.8. The van der Waals surface area contributed by atoms with Gasteiger partial charge in [-0.3, -0.25) is 4.90 Å². The van der Waals surface area contributed by atoms with Crippen LogP contribution in [0.2, 0.25) is 0 Å². The second kappa shape index (κ2) is 8.02. The average Bonchev–Trinajstić information content (AvgIpc) is 3.13. The van der Waals surface area contributed by atoms with Crippen LogP contribution in [0.3, 0.4) is 0 Å². The first-order valence-corrected chi connectivity index (χ1v) is 8.52. The molecule has 25 heavy (non-hydrogen) atoms. The Bertz CT molecular complexity index is 679. The lowest BCUT2D eigenvalue weighted by Gasteiger charge is -2.34. The van der Waals surface area contributed by atoms with E-state index in [0.29, 0.717) is 6.54 Å². The zero-order valence-electron chi connectivity index (χ0n) is 14.8. The van der Waals surface area contributed by atoms with E-state index in [1.165, 1.54) is 0 Å². The van der Waals surface area contributed by atoms with E-state index >= 15 is 0 Å². The molecule has 1 aliphatic heterocycles. The van der Waals surface area contributed by atoms with Gasteiger partial charge in [-0.15, -0.1) is 0 Å². The number of piperazine rings is 1. The van der Waals surface area contributed by atoms with Gasteiger partial charge in [0.15, 0.2) is 0 Å². The Balaban J connectivity index is 1.44. The van der Waals surface area contributed by atoms with E-state index in [9.17, 15) is 4.79 Å². The van der Waals surface area contributed by atoms with Gasteiger partial charge in [-0.05, 0) is 17.7 Å². The van der Waals surface area contributed by atoms with Gasteiger partial charge in [0.1, 0.15) is 6.26 Å². The van der Waals surface area contributed by atoms with Crippen molar-refractivity contribution >= 4 is 11.7 Å². The molecule has 1 saturated heterocycles. The fourth-order valence-electron chi connectivity index (χ4n) is 2.89. The molecule has 7 heteroatoms. The lowest BCUT2D eigenvalue weighted by Crippen LogP contribution is -2.51. The van der Waals surface area contributed by atoms with E-state index in [0.717, 1.165) is 49.7 Å².